The number of amides is 1. The molecule has 0 fully saturated rings. The molecule has 1 amide bonds. The minimum atomic E-state index is -0.454. The van der Waals surface area contributed by atoms with E-state index in [9.17, 15) is 9.90 Å². The van der Waals surface area contributed by atoms with E-state index in [0.717, 1.165) is 38.8 Å². The van der Waals surface area contributed by atoms with Gasteiger partial charge in [0.15, 0.2) is 11.5 Å². The number of aliphatic hydroxyl groups is 1. The molecule has 0 spiro atoms. The summed E-state index contributed by atoms with van der Waals surface area (Å²) in [7, 11) is 6.63. The van der Waals surface area contributed by atoms with Crippen LogP contribution in [-0.2, 0) is 11.2 Å². The van der Waals surface area contributed by atoms with Gasteiger partial charge in [-0.3, -0.25) is 4.79 Å². The Balaban J connectivity index is 1.67. The molecule has 0 saturated heterocycles. The number of benzene rings is 3. The van der Waals surface area contributed by atoms with Crippen molar-refractivity contribution in [3.63, 3.8) is 0 Å². The van der Waals surface area contributed by atoms with Crippen molar-refractivity contribution in [3.8, 4) is 22.6 Å². The molecule has 1 aromatic heterocycles. The zero-order chi connectivity index (χ0) is 27.8. The van der Waals surface area contributed by atoms with Crippen LogP contribution in [0.3, 0.4) is 0 Å². The summed E-state index contributed by atoms with van der Waals surface area (Å²) in [6.45, 7) is 0.260. The van der Waals surface area contributed by atoms with E-state index in [2.05, 4.69) is 15.6 Å². The molecular formula is C31H35N3O5. The number of anilines is 1. The molecule has 4 N–H and O–H groups in total. The Morgan fingerprint density at radius 1 is 1.05 bits per heavy atom. The van der Waals surface area contributed by atoms with E-state index in [4.69, 9.17) is 14.2 Å². The van der Waals surface area contributed by atoms with Gasteiger partial charge in [-0.1, -0.05) is 30.4 Å². The molecule has 0 aliphatic rings. The fourth-order valence-electron chi connectivity index (χ4n) is 4.64. The number of carbonyl (C=O) groups excluding carboxylic acids is 1. The molecule has 0 aliphatic heterocycles. The molecule has 0 radical (unpaired) electrons. The van der Waals surface area contributed by atoms with Crippen molar-refractivity contribution in [1.82, 2.24) is 10.3 Å². The molecule has 3 aromatic carbocycles. The maximum Gasteiger partial charge on any atom is 0.251 e. The van der Waals surface area contributed by atoms with Gasteiger partial charge in [0, 0.05) is 36.8 Å². The van der Waals surface area contributed by atoms with Crippen molar-refractivity contribution in [2.45, 2.75) is 12.5 Å². The van der Waals surface area contributed by atoms with Gasteiger partial charge in [0.25, 0.3) is 5.91 Å². The number of nitrogens with one attached hydrogen (secondary N) is 3. The van der Waals surface area contributed by atoms with Crippen molar-refractivity contribution in [1.29, 1.82) is 0 Å². The van der Waals surface area contributed by atoms with Gasteiger partial charge < -0.3 is 34.9 Å². The zero-order valence-electron chi connectivity index (χ0n) is 22.7. The monoisotopic (exact) mass is 529 g/mol. The molecule has 8 heteroatoms. The lowest BCUT2D eigenvalue weighted by molar-refractivity contribution is 0.0916. The van der Waals surface area contributed by atoms with E-state index in [0.29, 0.717) is 30.1 Å². The Morgan fingerprint density at radius 2 is 1.85 bits per heavy atom. The number of fused-ring (bicyclic) bond motifs is 1. The number of hydrogen-bond donors (Lipinski definition) is 4. The Bertz CT molecular complexity index is 1430. The van der Waals surface area contributed by atoms with Crippen LogP contribution >= 0.6 is 0 Å². The Morgan fingerprint density at radius 3 is 2.56 bits per heavy atom. The number of para-hydroxylation sites is 1. The van der Waals surface area contributed by atoms with E-state index in [1.54, 1.807) is 21.3 Å². The second-order valence-corrected chi connectivity index (χ2v) is 9.13. The van der Waals surface area contributed by atoms with Gasteiger partial charge in [-0.05, 0) is 65.1 Å². The van der Waals surface area contributed by atoms with Crippen molar-refractivity contribution < 1.29 is 24.1 Å². The number of aromatic nitrogens is 1. The average Bonchev–Trinajstić information content (AvgIpc) is 3.38. The van der Waals surface area contributed by atoms with Crippen LogP contribution in [-0.4, -0.2) is 63.6 Å². The summed E-state index contributed by atoms with van der Waals surface area (Å²) in [6, 6.07) is 17.0. The second-order valence-electron chi connectivity index (χ2n) is 9.13. The number of aromatic amines is 1. The number of ether oxygens (including phenoxy) is 3. The first-order valence-corrected chi connectivity index (χ1v) is 12.7. The van der Waals surface area contributed by atoms with Crippen LogP contribution in [0.1, 0.15) is 21.5 Å². The summed E-state index contributed by atoms with van der Waals surface area (Å²) in [5, 5.41) is 17.3. The van der Waals surface area contributed by atoms with Crippen molar-refractivity contribution >= 4 is 28.6 Å². The molecule has 0 bridgehead atoms. The van der Waals surface area contributed by atoms with Gasteiger partial charge in [0.1, 0.15) is 0 Å². The lowest BCUT2D eigenvalue weighted by Crippen LogP contribution is -2.39. The van der Waals surface area contributed by atoms with Crippen LogP contribution in [0, 0.1) is 0 Å². The normalized spacial score (nSPS) is 12.0. The molecule has 39 heavy (non-hydrogen) atoms. The van der Waals surface area contributed by atoms with Gasteiger partial charge in [0.2, 0.25) is 0 Å². The minimum Gasteiger partial charge on any atom is -0.493 e. The second kappa shape index (κ2) is 13.0. The van der Waals surface area contributed by atoms with Gasteiger partial charge >= 0.3 is 0 Å². The Kier molecular flexibility index (Phi) is 9.25. The predicted molar refractivity (Wildman–Crippen MR) is 156 cm³/mol. The summed E-state index contributed by atoms with van der Waals surface area (Å²) in [4.78, 5) is 16.7. The third kappa shape index (κ3) is 6.42. The average molecular weight is 530 g/mol. The number of rotatable bonds is 12. The lowest BCUT2D eigenvalue weighted by atomic mass is 9.97. The molecule has 1 atom stereocenters. The highest BCUT2D eigenvalue weighted by molar-refractivity contribution is 5.97. The van der Waals surface area contributed by atoms with E-state index < -0.39 is 6.04 Å². The van der Waals surface area contributed by atoms with Crippen molar-refractivity contribution in [2.75, 3.05) is 46.9 Å². The SMILES string of the molecule is CNc1cc(-c2cc(/C=C\COC)cc(C(=O)N[C@@H](CO)Cc3c[nH]c4ccccc34)c2)cc(OC)c1OC. The predicted octanol–water partition coefficient (Wildman–Crippen LogP) is 4.89. The van der Waals surface area contributed by atoms with Crippen LogP contribution in [0.15, 0.2) is 66.9 Å². The first-order chi connectivity index (χ1) is 19.0. The summed E-state index contributed by atoms with van der Waals surface area (Å²) in [6.07, 6.45) is 6.23. The first kappa shape index (κ1) is 27.8. The van der Waals surface area contributed by atoms with Crippen LogP contribution in [0.4, 0.5) is 5.69 Å². The molecular weight excluding hydrogens is 494 g/mol. The molecule has 1 heterocycles. The quantitative estimate of drug-likeness (QED) is 0.208. The van der Waals surface area contributed by atoms with E-state index in [-0.39, 0.29) is 12.5 Å². The van der Waals surface area contributed by atoms with Gasteiger partial charge in [0.05, 0.1) is 39.2 Å². The fraction of sp³-hybridized carbons (Fsp3) is 0.258. The summed E-state index contributed by atoms with van der Waals surface area (Å²) in [5.41, 5.74) is 5.81. The first-order valence-electron chi connectivity index (χ1n) is 12.7. The highest BCUT2D eigenvalue weighted by atomic mass is 16.5. The summed E-state index contributed by atoms with van der Waals surface area (Å²) in [5.74, 6) is 0.900. The zero-order valence-corrected chi connectivity index (χ0v) is 22.7. The van der Waals surface area contributed by atoms with Gasteiger partial charge in [-0.25, -0.2) is 0 Å². The number of aliphatic hydroxyl groups excluding tert-OH is 1. The van der Waals surface area contributed by atoms with Crippen molar-refractivity contribution in [3.05, 3.63) is 83.6 Å². The van der Waals surface area contributed by atoms with E-state index >= 15 is 0 Å². The molecule has 0 aliphatic carbocycles. The molecule has 4 rings (SSSR count). The number of carbonyl (C=O) groups is 1. The fourth-order valence-corrected chi connectivity index (χ4v) is 4.64. The number of H-pyrrole nitrogens is 1. The maximum atomic E-state index is 13.5. The lowest BCUT2D eigenvalue weighted by Gasteiger charge is -2.18. The van der Waals surface area contributed by atoms with Gasteiger partial charge in [-0.15, -0.1) is 0 Å². The third-order valence-corrected chi connectivity index (χ3v) is 6.57. The Hall–Kier alpha value is -4.27. The topological polar surface area (TPSA) is 105 Å². The maximum absolute atomic E-state index is 13.5. The van der Waals surface area contributed by atoms with Crippen molar-refractivity contribution in [2.24, 2.45) is 0 Å². The summed E-state index contributed by atoms with van der Waals surface area (Å²) >= 11 is 0. The molecule has 8 nitrogen and oxygen atoms in total. The summed E-state index contributed by atoms with van der Waals surface area (Å²) < 4.78 is 16.2. The largest absolute Gasteiger partial charge is 0.493 e. The molecule has 4 aromatic rings. The minimum absolute atomic E-state index is 0.188. The highest BCUT2D eigenvalue weighted by Crippen LogP contribution is 2.40. The smallest absolute Gasteiger partial charge is 0.251 e. The third-order valence-electron chi connectivity index (χ3n) is 6.57. The standard InChI is InChI=1S/C31H35N3O5/c1-32-28-16-22(17-29(38-3)30(28)39-4)21-12-20(8-7-11-37-2)13-23(14-21)31(36)34-25(19-35)15-24-18-33-27-10-6-5-9-26(24)27/h5-10,12-14,16-18,25,32-33,35H,11,15,19H2,1-4H3,(H,34,36)/b8-7-/t25-/m1/s1. The van der Waals surface area contributed by atoms with E-state index in [1.807, 2.05) is 80.0 Å². The highest BCUT2D eigenvalue weighted by Gasteiger charge is 2.18. The molecule has 204 valence electrons. The Labute approximate surface area is 228 Å². The molecule has 0 saturated carbocycles. The number of hydrogen-bond acceptors (Lipinski definition) is 6. The van der Waals surface area contributed by atoms with Crippen LogP contribution in [0.2, 0.25) is 0 Å². The number of methoxy groups -OCH3 is 3. The van der Waals surface area contributed by atoms with Crippen LogP contribution < -0.4 is 20.1 Å². The van der Waals surface area contributed by atoms with E-state index in [1.165, 1.54) is 0 Å². The van der Waals surface area contributed by atoms with Crippen LogP contribution in [0.25, 0.3) is 28.1 Å². The van der Waals surface area contributed by atoms with Crippen LogP contribution in [0.5, 0.6) is 11.5 Å². The molecule has 0 unspecified atom stereocenters. The van der Waals surface area contributed by atoms with Gasteiger partial charge in [-0.2, -0.15) is 0 Å².